The second-order valence-corrected chi connectivity index (χ2v) is 4.36. The number of nitrogens with zero attached hydrogens (tertiary/aromatic N) is 1. The zero-order valence-electron chi connectivity index (χ0n) is 9.56. The summed E-state index contributed by atoms with van der Waals surface area (Å²) in [5.41, 5.74) is 2.27. The van der Waals surface area contributed by atoms with Crippen LogP contribution in [0.4, 0.5) is 0 Å². The van der Waals surface area contributed by atoms with E-state index in [0.29, 0.717) is 12.8 Å². The topological polar surface area (TPSA) is 37.4 Å². The Labute approximate surface area is 95.1 Å². The summed E-state index contributed by atoms with van der Waals surface area (Å²) in [4.78, 5) is 24.3. The third kappa shape index (κ3) is 1.98. The van der Waals surface area contributed by atoms with Gasteiger partial charge < -0.3 is 0 Å². The highest BCUT2D eigenvalue weighted by molar-refractivity contribution is 5.98. The molecule has 0 unspecified atom stereocenters. The van der Waals surface area contributed by atoms with Crippen molar-refractivity contribution in [1.82, 2.24) is 4.90 Å². The molecule has 16 heavy (non-hydrogen) atoms. The molecule has 1 aromatic carbocycles. The Hall–Kier alpha value is -1.64. The van der Waals surface area contributed by atoms with Gasteiger partial charge >= 0.3 is 0 Å². The quantitative estimate of drug-likeness (QED) is 0.673. The number of likely N-dealkylation sites (tertiary alicyclic amines) is 1. The van der Waals surface area contributed by atoms with Gasteiger partial charge in [0.25, 0.3) is 0 Å². The number of carbonyl (C=O) groups excluding carboxylic acids is 2. The van der Waals surface area contributed by atoms with E-state index < -0.39 is 0 Å². The highest BCUT2D eigenvalue weighted by atomic mass is 16.2. The summed E-state index contributed by atoms with van der Waals surface area (Å²) >= 11 is 0. The van der Waals surface area contributed by atoms with E-state index in [4.69, 9.17) is 0 Å². The molecule has 1 saturated heterocycles. The number of piperidine rings is 1. The first kappa shape index (κ1) is 10.9. The van der Waals surface area contributed by atoms with E-state index in [-0.39, 0.29) is 17.7 Å². The van der Waals surface area contributed by atoms with Crippen LogP contribution in [-0.2, 0) is 9.59 Å². The first-order valence-electron chi connectivity index (χ1n) is 5.44. The third-order valence-corrected chi connectivity index (χ3v) is 3.14. The summed E-state index contributed by atoms with van der Waals surface area (Å²) in [6.45, 7) is 2.02. The first-order chi connectivity index (χ1) is 7.58. The van der Waals surface area contributed by atoms with Crippen molar-refractivity contribution >= 4 is 11.8 Å². The van der Waals surface area contributed by atoms with Crippen LogP contribution in [0.1, 0.15) is 29.9 Å². The number of hydrogen-bond acceptors (Lipinski definition) is 2. The molecule has 0 saturated carbocycles. The van der Waals surface area contributed by atoms with Gasteiger partial charge in [-0.05, 0) is 12.5 Å². The fraction of sp³-hybridized carbons (Fsp3) is 0.385. The first-order valence-corrected chi connectivity index (χ1v) is 5.44. The Bertz CT molecular complexity index is 404. The van der Waals surface area contributed by atoms with Crippen LogP contribution in [0.5, 0.6) is 0 Å². The van der Waals surface area contributed by atoms with Gasteiger partial charge in [-0.25, -0.2) is 0 Å². The van der Waals surface area contributed by atoms with E-state index in [1.807, 2.05) is 31.2 Å². The Balaban J connectivity index is 2.20. The smallest absolute Gasteiger partial charge is 0.229 e. The molecule has 0 aliphatic carbocycles. The highest BCUT2D eigenvalue weighted by Crippen LogP contribution is 2.28. The van der Waals surface area contributed by atoms with Crippen molar-refractivity contribution in [3.8, 4) is 0 Å². The summed E-state index contributed by atoms with van der Waals surface area (Å²) in [6, 6.07) is 8.04. The Kier molecular flexibility index (Phi) is 2.77. The monoisotopic (exact) mass is 217 g/mol. The van der Waals surface area contributed by atoms with Gasteiger partial charge in [-0.1, -0.05) is 29.8 Å². The van der Waals surface area contributed by atoms with Crippen molar-refractivity contribution in [2.75, 3.05) is 7.05 Å². The molecular weight excluding hydrogens is 202 g/mol. The molecule has 1 aliphatic rings. The predicted molar refractivity (Wildman–Crippen MR) is 60.9 cm³/mol. The van der Waals surface area contributed by atoms with Crippen LogP contribution in [0.15, 0.2) is 24.3 Å². The molecule has 3 nitrogen and oxygen atoms in total. The van der Waals surface area contributed by atoms with E-state index in [1.54, 1.807) is 7.05 Å². The lowest BCUT2D eigenvalue weighted by Crippen LogP contribution is -2.39. The van der Waals surface area contributed by atoms with E-state index in [2.05, 4.69) is 0 Å². The summed E-state index contributed by atoms with van der Waals surface area (Å²) in [6.07, 6.45) is 0.872. The standard InChI is InChI=1S/C13H15NO2/c1-9-3-5-10(6-4-9)11-7-12(15)14(2)13(16)8-11/h3-6,11H,7-8H2,1-2H3. The minimum Gasteiger partial charge on any atom is -0.286 e. The maximum absolute atomic E-state index is 11.6. The number of aryl methyl sites for hydroxylation is 1. The molecule has 0 atom stereocenters. The fourth-order valence-corrected chi connectivity index (χ4v) is 1.98. The number of amides is 2. The molecule has 1 fully saturated rings. The molecule has 2 amide bonds. The predicted octanol–water partition coefficient (Wildman–Crippen LogP) is 1.86. The Morgan fingerprint density at radius 2 is 1.56 bits per heavy atom. The van der Waals surface area contributed by atoms with Gasteiger partial charge in [0.1, 0.15) is 0 Å². The number of carbonyl (C=O) groups is 2. The van der Waals surface area contributed by atoms with Crippen LogP contribution in [0.2, 0.25) is 0 Å². The van der Waals surface area contributed by atoms with Crippen molar-refractivity contribution in [2.45, 2.75) is 25.7 Å². The number of imide groups is 1. The zero-order valence-corrected chi connectivity index (χ0v) is 9.56. The molecule has 2 rings (SSSR count). The lowest BCUT2D eigenvalue weighted by atomic mass is 9.88. The average molecular weight is 217 g/mol. The van der Waals surface area contributed by atoms with Crippen LogP contribution >= 0.6 is 0 Å². The molecule has 0 aromatic heterocycles. The van der Waals surface area contributed by atoms with Crippen LogP contribution < -0.4 is 0 Å². The van der Waals surface area contributed by atoms with Crippen molar-refractivity contribution in [1.29, 1.82) is 0 Å². The zero-order chi connectivity index (χ0) is 11.7. The largest absolute Gasteiger partial charge is 0.286 e. The Morgan fingerprint density at radius 1 is 1.06 bits per heavy atom. The summed E-state index contributed by atoms with van der Waals surface area (Å²) in [7, 11) is 1.55. The molecule has 0 radical (unpaired) electrons. The molecular formula is C13H15NO2. The summed E-state index contributed by atoms with van der Waals surface area (Å²) < 4.78 is 0. The third-order valence-electron chi connectivity index (χ3n) is 3.14. The molecule has 0 N–H and O–H groups in total. The molecule has 1 heterocycles. The minimum atomic E-state index is -0.0816. The van der Waals surface area contributed by atoms with Crippen molar-refractivity contribution in [3.05, 3.63) is 35.4 Å². The minimum absolute atomic E-state index is 0.0526. The Morgan fingerprint density at radius 3 is 2.06 bits per heavy atom. The average Bonchev–Trinajstić information content (AvgIpc) is 2.26. The highest BCUT2D eigenvalue weighted by Gasteiger charge is 2.30. The van der Waals surface area contributed by atoms with E-state index in [0.717, 1.165) is 5.56 Å². The van der Waals surface area contributed by atoms with Crippen LogP contribution in [-0.4, -0.2) is 23.8 Å². The summed E-state index contributed by atoms with van der Waals surface area (Å²) in [5, 5.41) is 0. The van der Waals surface area contributed by atoms with Gasteiger partial charge in [0.2, 0.25) is 11.8 Å². The molecule has 1 aromatic rings. The molecule has 1 aliphatic heterocycles. The normalized spacial score (nSPS) is 18.0. The van der Waals surface area contributed by atoms with Gasteiger partial charge in [0, 0.05) is 25.8 Å². The maximum atomic E-state index is 11.6. The number of benzene rings is 1. The fourth-order valence-electron chi connectivity index (χ4n) is 1.98. The molecule has 0 bridgehead atoms. The molecule has 3 heteroatoms. The lowest BCUT2D eigenvalue weighted by molar-refractivity contribution is -0.146. The SMILES string of the molecule is Cc1ccc(C2CC(=O)N(C)C(=O)C2)cc1. The van der Waals surface area contributed by atoms with Gasteiger partial charge in [0.15, 0.2) is 0 Å². The van der Waals surface area contributed by atoms with Crippen LogP contribution in [0, 0.1) is 6.92 Å². The molecule has 0 spiro atoms. The summed E-state index contributed by atoms with van der Waals surface area (Å²) in [5.74, 6) is -0.111. The van der Waals surface area contributed by atoms with Crippen molar-refractivity contribution in [3.63, 3.8) is 0 Å². The van der Waals surface area contributed by atoms with Gasteiger partial charge in [-0.3, -0.25) is 14.5 Å². The maximum Gasteiger partial charge on any atom is 0.229 e. The number of rotatable bonds is 1. The second-order valence-electron chi connectivity index (χ2n) is 4.36. The van der Waals surface area contributed by atoms with Gasteiger partial charge in [-0.2, -0.15) is 0 Å². The lowest BCUT2D eigenvalue weighted by Gasteiger charge is -2.27. The van der Waals surface area contributed by atoms with Gasteiger partial charge in [0.05, 0.1) is 0 Å². The second kappa shape index (κ2) is 4.08. The van der Waals surface area contributed by atoms with Crippen LogP contribution in [0.25, 0.3) is 0 Å². The van der Waals surface area contributed by atoms with Gasteiger partial charge in [-0.15, -0.1) is 0 Å². The van der Waals surface area contributed by atoms with Crippen molar-refractivity contribution < 1.29 is 9.59 Å². The van der Waals surface area contributed by atoms with E-state index >= 15 is 0 Å². The van der Waals surface area contributed by atoms with Crippen LogP contribution in [0.3, 0.4) is 0 Å². The van der Waals surface area contributed by atoms with Crippen molar-refractivity contribution in [2.24, 2.45) is 0 Å². The van der Waals surface area contributed by atoms with E-state index in [1.165, 1.54) is 10.5 Å². The number of hydrogen-bond donors (Lipinski definition) is 0. The molecule has 84 valence electrons. The van der Waals surface area contributed by atoms with E-state index in [9.17, 15) is 9.59 Å².